The second kappa shape index (κ2) is 7.84. The van der Waals surface area contributed by atoms with E-state index in [1.165, 1.54) is 18.2 Å². The molecule has 3 heterocycles. The minimum Gasteiger partial charge on any atom is -0.384 e. The molecule has 9 nitrogen and oxygen atoms in total. The summed E-state index contributed by atoms with van der Waals surface area (Å²) in [5.41, 5.74) is -0.0307. The molecule has 4 rings (SSSR count). The number of piperidine rings is 1. The van der Waals surface area contributed by atoms with E-state index in [-0.39, 0.29) is 29.4 Å². The van der Waals surface area contributed by atoms with Gasteiger partial charge in [0.1, 0.15) is 17.1 Å². The Morgan fingerprint density at radius 3 is 2.74 bits per heavy atom. The van der Waals surface area contributed by atoms with Gasteiger partial charge in [0.2, 0.25) is 11.7 Å². The van der Waals surface area contributed by atoms with Crippen molar-refractivity contribution >= 4 is 5.91 Å². The van der Waals surface area contributed by atoms with Crippen molar-refractivity contribution < 1.29 is 18.8 Å². The van der Waals surface area contributed by atoms with E-state index in [9.17, 15) is 14.3 Å². The van der Waals surface area contributed by atoms with E-state index in [0.29, 0.717) is 23.7 Å². The van der Waals surface area contributed by atoms with E-state index < -0.39 is 11.4 Å². The maximum Gasteiger partial charge on any atom is 0.254 e. The molecule has 1 N–H and O–H groups in total. The van der Waals surface area contributed by atoms with E-state index in [1.54, 1.807) is 36.7 Å². The van der Waals surface area contributed by atoms with E-state index in [0.717, 1.165) is 12.8 Å². The van der Waals surface area contributed by atoms with E-state index in [4.69, 9.17) is 4.52 Å². The van der Waals surface area contributed by atoms with Gasteiger partial charge in [-0.2, -0.15) is 20.0 Å². The zero-order valence-corrected chi connectivity index (χ0v) is 17.9. The van der Waals surface area contributed by atoms with Crippen molar-refractivity contribution in [2.45, 2.75) is 58.2 Å². The molecule has 1 saturated heterocycles. The number of nitrogens with zero attached hydrogens (tertiary/aromatic N) is 6. The summed E-state index contributed by atoms with van der Waals surface area (Å²) in [5, 5.41) is 22.7. The highest BCUT2D eigenvalue weighted by molar-refractivity contribution is 6.00. The predicted molar refractivity (Wildman–Crippen MR) is 108 cm³/mol. The molecular formula is C21H25FN6O3. The number of aromatic nitrogens is 5. The molecule has 1 aliphatic heterocycles. The second-order valence-corrected chi connectivity index (χ2v) is 8.47. The number of carbonyl (C=O) groups is 1. The van der Waals surface area contributed by atoms with Crippen LogP contribution in [0, 0.1) is 12.7 Å². The normalized spacial score (nSPS) is 19.6. The van der Waals surface area contributed by atoms with Crippen molar-refractivity contribution in [1.29, 1.82) is 0 Å². The third-order valence-electron chi connectivity index (χ3n) is 5.56. The van der Waals surface area contributed by atoms with Crippen LogP contribution in [0.5, 0.6) is 0 Å². The molecule has 3 aromatic rings. The Balaban J connectivity index is 1.63. The lowest BCUT2D eigenvalue weighted by Crippen LogP contribution is -2.46. The molecule has 0 radical (unpaired) electrons. The van der Waals surface area contributed by atoms with Crippen LogP contribution in [0.25, 0.3) is 11.4 Å². The van der Waals surface area contributed by atoms with Crippen LogP contribution in [-0.4, -0.2) is 53.6 Å². The van der Waals surface area contributed by atoms with Gasteiger partial charge in [0.15, 0.2) is 0 Å². The lowest BCUT2D eigenvalue weighted by molar-refractivity contribution is 0.0534. The largest absolute Gasteiger partial charge is 0.384 e. The van der Waals surface area contributed by atoms with Crippen LogP contribution in [0.2, 0.25) is 0 Å². The summed E-state index contributed by atoms with van der Waals surface area (Å²) in [7, 11) is 0. The number of hydrogen-bond acceptors (Lipinski definition) is 7. The van der Waals surface area contributed by atoms with Crippen LogP contribution < -0.4 is 0 Å². The standard InChI is InChI=1S/C21H25FN6O3/c1-12-5-7-15(28-23-10-18(25-28)21(3,4)30)11-27(12)20(29)16-8-6-14(22)9-17(16)19-24-13(2)31-26-19/h6,8-10,12,15,30H,5,7,11H2,1-4H3/t12-,15-/m1/s1. The third-order valence-corrected chi connectivity index (χ3v) is 5.56. The Kier molecular flexibility index (Phi) is 5.34. The van der Waals surface area contributed by atoms with Crippen LogP contribution >= 0.6 is 0 Å². The van der Waals surface area contributed by atoms with Gasteiger partial charge < -0.3 is 14.5 Å². The summed E-state index contributed by atoms with van der Waals surface area (Å²) in [4.78, 5) is 20.9. The highest BCUT2D eigenvalue weighted by Crippen LogP contribution is 2.30. The van der Waals surface area contributed by atoms with E-state index >= 15 is 0 Å². The molecule has 0 bridgehead atoms. The molecule has 2 atom stereocenters. The third kappa shape index (κ3) is 4.20. The van der Waals surface area contributed by atoms with Gasteiger partial charge in [0.05, 0.1) is 17.8 Å². The van der Waals surface area contributed by atoms with Gasteiger partial charge in [-0.3, -0.25) is 4.79 Å². The highest BCUT2D eigenvalue weighted by Gasteiger charge is 2.33. The van der Waals surface area contributed by atoms with Crippen LogP contribution in [0.1, 0.15) is 61.6 Å². The van der Waals surface area contributed by atoms with Crippen LogP contribution in [0.3, 0.4) is 0 Å². The molecule has 10 heteroatoms. The second-order valence-electron chi connectivity index (χ2n) is 8.47. The van der Waals surface area contributed by atoms with Crippen LogP contribution in [0.15, 0.2) is 28.9 Å². The van der Waals surface area contributed by atoms with E-state index in [2.05, 4.69) is 20.3 Å². The quantitative estimate of drug-likeness (QED) is 0.680. The number of halogens is 1. The van der Waals surface area contributed by atoms with Crippen LogP contribution in [0.4, 0.5) is 4.39 Å². The van der Waals surface area contributed by atoms with Crippen LogP contribution in [-0.2, 0) is 5.60 Å². The molecule has 1 amide bonds. The monoisotopic (exact) mass is 428 g/mol. The average Bonchev–Trinajstić information content (AvgIpc) is 3.37. The van der Waals surface area contributed by atoms with Crippen molar-refractivity contribution in [3.63, 3.8) is 0 Å². The fourth-order valence-electron chi connectivity index (χ4n) is 3.74. The van der Waals surface area contributed by atoms with Gasteiger partial charge in [0.25, 0.3) is 5.91 Å². The van der Waals surface area contributed by atoms with Gasteiger partial charge >= 0.3 is 0 Å². The Bertz CT molecular complexity index is 1100. The summed E-state index contributed by atoms with van der Waals surface area (Å²) in [6.07, 6.45) is 3.10. The topological polar surface area (TPSA) is 110 Å². The summed E-state index contributed by atoms with van der Waals surface area (Å²) in [6, 6.07) is 3.80. The Morgan fingerprint density at radius 2 is 2.10 bits per heavy atom. The molecule has 0 spiro atoms. The molecule has 0 aliphatic carbocycles. The summed E-state index contributed by atoms with van der Waals surface area (Å²) >= 11 is 0. The fraction of sp³-hybridized carbons (Fsp3) is 0.476. The first kappa shape index (κ1) is 21.1. The summed E-state index contributed by atoms with van der Waals surface area (Å²) in [6.45, 7) is 7.30. The SMILES string of the molecule is Cc1nc(-c2cc(F)ccc2C(=O)N2C[C@H](n3ncc(C(C)(C)O)n3)CC[C@H]2C)no1. The molecule has 31 heavy (non-hydrogen) atoms. The summed E-state index contributed by atoms with van der Waals surface area (Å²) in [5.74, 6) is -0.232. The Morgan fingerprint density at radius 1 is 1.32 bits per heavy atom. The van der Waals surface area contributed by atoms with Gasteiger partial charge in [-0.05, 0) is 51.8 Å². The smallest absolute Gasteiger partial charge is 0.254 e. The molecule has 0 saturated carbocycles. The molecule has 0 unspecified atom stereocenters. The Labute approximate surface area is 178 Å². The lowest BCUT2D eigenvalue weighted by atomic mass is 9.97. The number of aryl methyl sites for hydroxylation is 1. The van der Waals surface area contributed by atoms with E-state index in [1.807, 2.05) is 6.92 Å². The number of rotatable bonds is 4. The minimum atomic E-state index is -1.10. The van der Waals surface area contributed by atoms with Gasteiger partial charge in [0, 0.05) is 25.1 Å². The molecule has 1 fully saturated rings. The van der Waals surface area contributed by atoms with Crippen molar-refractivity contribution in [3.8, 4) is 11.4 Å². The first-order chi connectivity index (χ1) is 14.6. The molecule has 1 aliphatic rings. The van der Waals surface area contributed by atoms with Gasteiger partial charge in [-0.25, -0.2) is 4.39 Å². The maximum absolute atomic E-state index is 14.0. The van der Waals surface area contributed by atoms with Crippen molar-refractivity contribution in [1.82, 2.24) is 30.0 Å². The molecule has 164 valence electrons. The average molecular weight is 428 g/mol. The number of carbonyl (C=O) groups excluding carboxylic acids is 1. The number of likely N-dealkylation sites (tertiary alicyclic amines) is 1. The number of aliphatic hydroxyl groups is 1. The zero-order valence-electron chi connectivity index (χ0n) is 17.9. The first-order valence-electron chi connectivity index (χ1n) is 10.2. The highest BCUT2D eigenvalue weighted by atomic mass is 19.1. The van der Waals surface area contributed by atoms with Crippen molar-refractivity contribution in [2.75, 3.05) is 6.54 Å². The molecule has 2 aromatic heterocycles. The van der Waals surface area contributed by atoms with Crippen molar-refractivity contribution in [2.24, 2.45) is 0 Å². The fourth-order valence-corrected chi connectivity index (χ4v) is 3.74. The summed E-state index contributed by atoms with van der Waals surface area (Å²) < 4.78 is 19.0. The van der Waals surface area contributed by atoms with Gasteiger partial charge in [-0.15, -0.1) is 0 Å². The number of benzene rings is 1. The lowest BCUT2D eigenvalue weighted by Gasteiger charge is -2.37. The van der Waals surface area contributed by atoms with Crippen molar-refractivity contribution in [3.05, 3.63) is 47.4 Å². The molecular weight excluding hydrogens is 403 g/mol. The number of amides is 1. The van der Waals surface area contributed by atoms with Gasteiger partial charge in [-0.1, -0.05) is 5.16 Å². The predicted octanol–water partition coefficient (Wildman–Crippen LogP) is 2.87. The number of hydrogen-bond donors (Lipinski definition) is 1. The minimum absolute atomic E-state index is 0.0158. The first-order valence-corrected chi connectivity index (χ1v) is 10.2. The maximum atomic E-state index is 14.0. The molecule has 1 aromatic carbocycles. The zero-order chi connectivity index (χ0) is 22.3. The Hall–Kier alpha value is -3.14.